The molecule has 0 fully saturated rings. The molecule has 2 aromatic rings. The van der Waals surface area contributed by atoms with Crippen molar-refractivity contribution in [3.05, 3.63) is 94.4 Å². The SMILES string of the molecule is C=C/C(F)=C\N=C(C)CCC.CC.CC.CC/C=C/C(=C\C=C(/C)CC)C(C)c1[nH]c2cc(F)c(Cl)cc2c1CCCC. The highest BCUT2D eigenvalue weighted by Gasteiger charge is 2.19. The van der Waals surface area contributed by atoms with Gasteiger partial charge in [-0.05, 0) is 75.3 Å². The Labute approximate surface area is 267 Å². The van der Waals surface area contributed by atoms with Crippen LogP contribution in [0.4, 0.5) is 8.78 Å². The summed E-state index contributed by atoms with van der Waals surface area (Å²) in [6.07, 6.45) is 18.3. The van der Waals surface area contributed by atoms with Gasteiger partial charge in [-0.15, -0.1) is 0 Å². The van der Waals surface area contributed by atoms with Crippen LogP contribution in [-0.4, -0.2) is 10.7 Å². The van der Waals surface area contributed by atoms with Crippen molar-refractivity contribution in [3.63, 3.8) is 0 Å². The minimum atomic E-state index is -0.388. The summed E-state index contributed by atoms with van der Waals surface area (Å²) >= 11 is 6.09. The van der Waals surface area contributed by atoms with Crippen LogP contribution in [0.25, 0.3) is 10.9 Å². The second kappa shape index (κ2) is 25.7. The van der Waals surface area contributed by atoms with Crippen molar-refractivity contribution >= 4 is 28.2 Å². The number of hydrogen-bond donors (Lipinski definition) is 1. The number of aromatic amines is 1. The van der Waals surface area contributed by atoms with E-state index in [0.29, 0.717) is 0 Å². The summed E-state index contributed by atoms with van der Waals surface area (Å²) < 4.78 is 26.4. The van der Waals surface area contributed by atoms with Gasteiger partial charge in [-0.1, -0.05) is 123 Å². The van der Waals surface area contributed by atoms with Gasteiger partial charge >= 0.3 is 0 Å². The Morgan fingerprint density at radius 2 is 1.70 bits per heavy atom. The lowest BCUT2D eigenvalue weighted by Gasteiger charge is -2.15. The van der Waals surface area contributed by atoms with E-state index in [4.69, 9.17) is 11.6 Å². The number of H-pyrrole nitrogens is 1. The largest absolute Gasteiger partial charge is 0.358 e. The van der Waals surface area contributed by atoms with Gasteiger partial charge in [0.15, 0.2) is 0 Å². The smallest absolute Gasteiger partial charge is 0.143 e. The lowest BCUT2D eigenvalue weighted by Crippen LogP contribution is -2.01. The van der Waals surface area contributed by atoms with Crippen LogP contribution in [0.5, 0.6) is 0 Å². The van der Waals surface area contributed by atoms with Gasteiger partial charge in [0.25, 0.3) is 0 Å². The third kappa shape index (κ3) is 16.1. The quantitative estimate of drug-likeness (QED) is 0.171. The number of nitrogens with zero attached hydrogens (tertiary/aromatic N) is 1. The zero-order valence-electron chi connectivity index (χ0n) is 28.9. The van der Waals surface area contributed by atoms with Gasteiger partial charge in [0.05, 0.1) is 11.2 Å². The Morgan fingerprint density at radius 3 is 2.23 bits per heavy atom. The Kier molecular flexibility index (Phi) is 25.4. The summed E-state index contributed by atoms with van der Waals surface area (Å²) in [7, 11) is 0. The highest BCUT2D eigenvalue weighted by molar-refractivity contribution is 6.31. The van der Waals surface area contributed by atoms with Crippen molar-refractivity contribution in [2.75, 3.05) is 0 Å². The highest BCUT2D eigenvalue weighted by atomic mass is 35.5. The third-order valence-corrected chi connectivity index (χ3v) is 6.86. The molecule has 1 aromatic heterocycles. The monoisotopic (exact) mass is 616 g/mol. The van der Waals surface area contributed by atoms with Gasteiger partial charge in [-0.3, -0.25) is 4.99 Å². The number of aliphatic imine (C=N–C) groups is 1. The van der Waals surface area contributed by atoms with E-state index in [1.807, 2.05) is 34.6 Å². The summed E-state index contributed by atoms with van der Waals surface area (Å²) in [4.78, 5) is 7.40. The maximum Gasteiger partial charge on any atom is 0.143 e. The van der Waals surface area contributed by atoms with Crippen LogP contribution in [0.15, 0.2) is 77.3 Å². The summed E-state index contributed by atoms with van der Waals surface area (Å²) in [6, 6.07) is 3.30. The second-order valence-electron chi connectivity index (χ2n) is 9.83. The first kappa shape index (κ1) is 42.4. The molecule has 0 saturated carbocycles. The molecule has 2 rings (SSSR count). The van der Waals surface area contributed by atoms with E-state index in [1.54, 1.807) is 6.07 Å². The second-order valence-corrected chi connectivity index (χ2v) is 10.2. The maximum absolute atomic E-state index is 14.0. The van der Waals surface area contributed by atoms with Crippen molar-refractivity contribution in [1.29, 1.82) is 0 Å². The summed E-state index contributed by atoms with van der Waals surface area (Å²) in [6.45, 7) is 26.1. The number of nitrogens with one attached hydrogen (secondary N) is 1. The zero-order valence-corrected chi connectivity index (χ0v) is 29.7. The first-order valence-electron chi connectivity index (χ1n) is 16.2. The normalized spacial score (nSPS) is 13.1. The number of rotatable bonds is 13. The molecule has 0 aliphatic carbocycles. The van der Waals surface area contributed by atoms with Crippen molar-refractivity contribution in [3.8, 4) is 0 Å². The summed E-state index contributed by atoms with van der Waals surface area (Å²) in [5.41, 5.74) is 6.81. The van der Waals surface area contributed by atoms with E-state index in [0.717, 1.165) is 67.6 Å². The number of unbranched alkanes of at least 4 members (excludes halogenated alkanes) is 1. The number of halogens is 3. The fourth-order valence-electron chi connectivity index (χ4n) is 4.03. The number of fused-ring (bicyclic) bond motifs is 1. The van der Waals surface area contributed by atoms with Gasteiger partial charge in [0.2, 0.25) is 0 Å². The van der Waals surface area contributed by atoms with Gasteiger partial charge < -0.3 is 4.98 Å². The molecular formula is C38H59ClF2N2. The van der Waals surface area contributed by atoms with Gasteiger partial charge in [0.1, 0.15) is 11.6 Å². The molecule has 0 saturated heterocycles. The van der Waals surface area contributed by atoms with E-state index < -0.39 is 0 Å². The van der Waals surface area contributed by atoms with Crippen LogP contribution in [0.3, 0.4) is 0 Å². The summed E-state index contributed by atoms with van der Waals surface area (Å²) in [5.74, 6) is -0.579. The van der Waals surface area contributed by atoms with E-state index in [-0.39, 0.29) is 22.6 Å². The first-order chi connectivity index (χ1) is 20.6. The maximum atomic E-state index is 14.0. The van der Waals surface area contributed by atoms with Crippen LogP contribution >= 0.6 is 11.6 Å². The molecule has 0 spiro atoms. The van der Waals surface area contributed by atoms with E-state index >= 15 is 0 Å². The molecule has 1 N–H and O–H groups in total. The predicted molar refractivity (Wildman–Crippen MR) is 192 cm³/mol. The molecular weight excluding hydrogens is 558 g/mol. The number of benzene rings is 1. The number of aromatic nitrogens is 1. The Hall–Kier alpha value is -2.72. The molecule has 5 heteroatoms. The highest BCUT2D eigenvalue weighted by Crippen LogP contribution is 2.35. The molecule has 1 unspecified atom stereocenters. The van der Waals surface area contributed by atoms with Crippen molar-refractivity contribution in [2.45, 2.75) is 127 Å². The molecule has 0 bridgehead atoms. The van der Waals surface area contributed by atoms with Gasteiger partial charge in [-0.2, -0.15) is 0 Å². The van der Waals surface area contributed by atoms with Crippen molar-refractivity contribution in [2.24, 2.45) is 4.99 Å². The van der Waals surface area contributed by atoms with Crippen LogP contribution in [0.1, 0.15) is 132 Å². The number of aryl methyl sites for hydroxylation is 1. The Balaban J connectivity index is 0. The molecule has 2 nitrogen and oxygen atoms in total. The predicted octanol–water partition coefficient (Wildman–Crippen LogP) is 14.0. The minimum Gasteiger partial charge on any atom is -0.358 e. The van der Waals surface area contributed by atoms with Gasteiger partial charge in [-0.25, -0.2) is 8.78 Å². The molecule has 1 heterocycles. The van der Waals surface area contributed by atoms with Gasteiger partial charge in [0, 0.05) is 28.2 Å². The first-order valence-corrected chi connectivity index (χ1v) is 16.6. The lowest BCUT2D eigenvalue weighted by molar-refractivity contribution is 0.630. The molecule has 242 valence electrons. The molecule has 43 heavy (non-hydrogen) atoms. The molecule has 0 radical (unpaired) electrons. The van der Waals surface area contributed by atoms with Crippen LogP contribution in [0.2, 0.25) is 5.02 Å². The standard InChI is InChI=1S/C25H33ClFN.C9H14FN.2C2H6/c1-6-9-11-19(14-13-17(4)8-3)18(5)25-20(12-10-7-2)21-15-22(26)23(27)16-24(21)28-25;1-4-6-8(3)11-7-9(10)5-2;2*1-2/h9,11,13-16,18,28H,6-8,10,12H2,1-5H3;5,7H,2,4,6H2,1,3H3;2*1-2H3/b11-9+,17-13+,19-14+;9-7+,11-8?;;. The Morgan fingerprint density at radius 1 is 1.05 bits per heavy atom. The van der Waals surface area contributed by atoms with E-state index in [1.165, 1.54) is 34.7 Å². The van der Waals surface area contributed by atoms with Crippen LogP contribution in [-0.2, 0) is 6.42 Å². The molecule has 0 aliphatic rings. The topological polar surface area (TPSA) is 28.1 Å². The molecule has 1 atom stereocenters. The fraction of sp³-hybridized carbons (Fsp3) is 0.500. The Bertz CT molecular complexity index is 1210. The average molecular weight is 617 g/mol. The molecule has 0 amide bonds. The van der Waals surface area contributed by atoms with E-state index in [2.05, 4.69) is 82.4 Å². The molecule has 1 aromatic carbocycles. The third-order valence-electron chi connectivity index (χ3n) is 6.57. The minimum absolute atomic E-state index is 0.185. The number of allylic oxidation sites excluding steroid dienone is 8. The van der Waals surface area contributed by atoms with Crippen LogP contribution < -0.4 is 0 Å². The summed E-state index contributed by atoms with van der Waals surface area (Å²) in [5, 5.41) is 1.23. The lowest BCUT2D eigenvalue weighted by atomic mass is 9.91. The van der Waals surface area contributed by atoms with E-state index in [9.17, 15) is 8.78 Å². The number of hydrogen-bond acceptors (Lipinski definition) is 1. The zero-order chi connectivity index (χ0) is 33.4. The van der Waals surface area contributed by atoms with Crippen LogP contribution in [0, 0.1) is 5.82 Å². The van der Waals surface area contributed by atoms with Crippen molar-refractivity contribution < 1.29 is 8.78 Å². The van der Waals surface area contributed by atoms with Crippen molar-refractivity contribution in [1.82, 2.24) is 4.98 Å². The molecule has 0 aliphatic heterocycles. The average Bonchev–Trinajstić information content (AvgIpc) is 3.37. The fourth-order valence-corrected chi connectivity index (χ4v) is 4.19.